The van der Waals surface area contributed by atoms with Crippen molar-refractivity contribution >= 4 is 23.2 Å². The van der Waals surface area contributed by atoms with E-state index in [2.05, 4.69) is 4.90 Å². The van der Waals surface area contributed by atoms with Crippen molar-refractivity contribution in [3.05, 3.63) is 45.4 Å². The molecule has 12 heteroatoms. The van der Waals surface area contributed by atoms with Crippen molar-refractivity contribution in [3.8, 4) is 5.75 Å². The molecule has 7 N–H and O–H groups in total. The van der Waals surface area contributed by atoms with Crippen LogP contribution in [0.15, 0.2) is 28.7 Å². The van der Waals surface area contributed by atoms with Crippen molar-refractivity contribution in [2.45, 2.75) is 50.3 Å². The molecule has 1 fully saturated rings. The van der Waals surface area contributed by atoms with E-state index in [4.69, 9.17) is 5.73 Å². The maximum absolute atomic E-state index is 14.1. The van der Waals surface area contributed by atoms with Crippen molar-refractivity contribution < 1.29 is 39.9 Å². The van der Waals surface area contributed by atoms with Crippen molar-refractivity contribution in [2.24, 2.45) is 23.5 Å². The lowest BCUT2D eigenvalue weighted by molar-refractivity contribution is -0.148. The number of phenolic OH excluding ortho intramolecular Hbond substituents is 1. The predicted molar refractivity (Wildman–Crippen MR) is 158 cm³/mol. The number of hydrogen-bond acceptors (Lipinski definition) is 11. The molecule has 0 spiro atoms. The van der Waals surface area contributed by atoms with E-state index in [1.165, 1.54) is 4.90 Å². The second kappa shape index (κ2) is 11.2. The number of ketones is 2. The number of carbonyl (C=O) groups excluding carboxylic acids is 3. The maximum Gasteiger partial charge on any atom is 0.255 e. The standard InChI is InChI=1S/C31H42N4O8/c1-33(2)24-17(14-35-8-5-15(6-9-35)7-10-36)13-20(37)22-18(24)11-16-12-19-25(34(3)4)27(39)23(30(32)42)29(41)31(19,43)28(40)21(16)26(22)38/h13,15-16,19,25,36-37,39-40,43H,5-12,14H2,1-4H3,(H2,32,42)/t16-,19-,25-,31-/m0/s1. The minimum Gasteiger partial charge on any atom is -0.510 e. The number of nitrogens with two attached hydrogens (primary N) is 1. The number of likely N-dealkylation sites (N-methyl/N-ethyl adjacent to an activating group) is 1. The summed E-state index contributed by atoms with van der Waals surface area (Å²) in [5.74, 6) is -6.12. The van der Waals surface area contributed by atoms with Gasteiger partial charge in [0.25, 0.3) is 5.91 Å². The lowest BCUT2D eigenvalue weighted by Gasteiger charge is -2.50. The van der Waals surface area contributed by atoms with Gasteiger partial charge in [-0.2, -0.15) is 0 Å². The number of aliphatic hydroxyl groups is 4. The summed E-state index contributed by atoms with van der Waals surface area (Å²) in [7, 11) is 6.95. The Kier molecular flexibility index (Phi) is 8.10. The van der Waals surface area contributed by atoms with Crippen LogP contribution in [0.1, 0.15) is 47.2 Å². The zero-order chi connectivity index (χ0) is 31.5. The Morgan fingerprint density at radius 3 is 2.33 bits per heavy atom. The van der Waals surface area contributed by atoms with Crippen LogP contribution < -0.4 is 10.6 Å². The van der Waals surface area contributed by atoms with Crippen LogP contribution in [0.4, 0.5) is 5.69 Å². The zero-order valence-electron chi connectivity index (χ0n) is 25.1. The highest BCUT2D eigenvalue weighted by Crippen LogP contribution is 2.53. The molecule has 0 saturated carbocycles. The van der Waals surface area contributed by atoms with Crippen molar-refractivity contribution in [2.75, 3.05) is 52.8 Å². The molecule has 1 heterocycles. The molecule has 12 nitrogen and oxygen atoms in total. The van der Waals surface area contributed by atoms with Crippen molar-refractivity contribution in [3.63, 3.8) is 0 Å². The third kappa shape index (κ3) is 4.80. The molecule has 1 amide bonds. The summed E-state index contributed by atoms with van der Waals surface area (Å²) in [6, 6.07) is 0.538. The highest BCUT2D eigenvalue weighted by atomic mass is 16.3. The van der Waals surface area contributed by atoms with E-state index in [0.29, 0.717) is 18.0 Å². The van der Waals surface area contributed by atoms with Gasteiger partial charge >= 0.3 is 0 Å². The van der Waals surface area contributed by atoms with E-state index in [1.807, 2.05) is 19.0 Å². The number of benzene rings is 1. The minimum absolute atomic E-state index is 0.00915. The van der Waals surface area contributed by atoms with E-state index in [9.17, 15) is 39.9 Å². The van der Waals surface area contributed by atoms with E-state index < -0.39 is 58.0 Å². The number of piperidine rings is 1. The summed E-state index contributed by atoms with van der Waals surface area (Å²) in [6.07, 6.45) is 3.01. The zero-order valence-corrected chi connectivity index (χ0v) is 25.1. The average Bonchev–Trinajstić information content (AvgIpc) is 2.91. The quantitative estimate of drug-likeness (QED) is 0.243. The van der Waals surface area contributed by atoms with Crippen LogP contribution in [0.2, 0.25) is 0 Å². The van der Waals surface area contributed by atoms with E-state index in [0.717, 1.165) is 43.6 Å². The first-order valence-corrected chi connectivity index (χ1v) is 14.8. The first kappa shape index (κ1) is 31.0. The van der Waals surface area contributed by atoms with Gasteiger partial charge in [0.15, 0.2) is 11.4 Å². The highest BCUT2D eigenvalue weighted by Gasteiger charge is 2.63. The summed E-state index contributed by atoms with van der Waals surface area (Å²) in [5.41, 5.74) is 4.02. The molecular weight excluding hydrogens is 556 g/mol. The second-order valence-electron chi connectivity index (χ2n) is 12.8. The Morgan fingerprint density at radius 1 is 1.12 bits per heavy atom. The van der Waals surface area contributed by atoms with E-state index >= 15 is 0 Å². The van der Waals surface area contributed by atoms with Gasteiger partial charge in [-0.3, -0.25) is 24.2 Å². The molecule has 1 aliphatic heterocycles. The number of fused-ring (bicyclic) bond motifs is 3. The molecule has 43 heavy (non-hydrogen) atoms. The van der Waals surface area contributed by atoms with Crippen LogP contribution in [0.5, 0.6) is 5.75 Å². The van der Waals surface area contributed by atoms with Crippen LogP contribution in [-0.2, 0) is 22.6 Å². The van der Waals surface area contributed by atoms with Gasteiger partial charge in [-0.15, -0.1) is 0 Å². The monoisotopic (exact) mass is 598 g/mol. The Balaban J connectivity index is 1.59. The van der Waals surface area contributed by atoms with Crippen LogP contribution in [0.3, 0.4) is 0 Å². The molecule has 0 bridgehead atoms. The summed E-state index contributed by atoms with van der Waals surface area (Å²) in [5, 5.41) is 54.8. The largest absolute Gasteiger partial charge is 0.510 e. The topological polar surface area (TPSA) is 188 Å². The van der Waals surface area contributed by atoms with Crippen LogP contribution in [-0.4, -0.2) is 112 Å². The molecule has 4 atom stereocenters. The molecule has 0 unspecified atom stereocenters. The molecular formula is C31H42N4O8. The Bertz CT molecular complexity index is 1420. The number of primary amides is 1. The third-order valence-corrected chi connectivity index (χ3v) is 9.86. The number of aliphatic hydroxyl groups excluding tert-OH is 3. The summed E-state index contributed by atoms with van der Waals surface area (Å²) >= 11 is 0. The number of aromatic hydroxyl groups is 1. The number of allylic oxidation sites excluding steroid dienone is 1. The molecule has 4 aliphatic rings. The molecule has 5 rings (SSSR count). The first-order valence-electron chi connectivity index (χ1n) is 14.8. The van der Waals surface area contributed by atoms with Crippen LogP contribution >= 0.6 is 0 Å². The van der Waals surface area contributed by atoms with Gasteiger partial charge in [0.05, 0.1) is 11.6 Å². The van der Waals surface area contributed by atoms with E-state index in [-0.39, 0.29) is 36.3 Å². The molecule has 1 aromatic rings. The SMILES string of the molecule is CN(C)c1c(CN2CCC(CCO)CC2)cc(O)c2c1C[C@H]1C[C@H]3[C@H](N(C)C)C(O)=C(C(N)=O)C(=O)[C@@]3(O)C(O)=C1C2=O. The minimum atomic E-state index is -2.66. The van der Waals surface area contributed by atoms with Gasteiger partial charge in [0.1, 0.15) is 22.8 Å². The van der Waals surface area contributed by atoms with Gasteiger partial charge in [-0.25, -0.2) is 0 Å². The molecule has 1 saturated heterocycles. The lowest BCUT2D eigenvalue weighted by atomic mass is 9.58. The summed E-state index contributed by atoms with van der Waals surface area (Å²) in [4.78, 5) is 45.5. The smallest absolute Gasteiger partial charge is 0.255 e. The third-order valence-electron chi connectivity index (χ3n) is 9.86. The number of nitrogens with zero attached hydrogens (tertiary/aromatic N) is 3. The Morgan fingerprint density at radius 2 is 1.77 bits per heavy atom. The maximum atomic E-state index is 14.1. The number of rotatable bonds is 7. The Hall–Kier alpha value is -3.45. The van der Waals surface area contributed by atoms with Gasteiger partial charge < -0.3 is 36.2 Å². The fourth-order valence-electron chi connectivity index (χ4n) is 7.91. The molecule has 0 aromatic heterocycles. The van der Waals surface area contributed by atoms with Crippen LogP contribution in [0, 0.1) is 17.8 Å². The number of phenols is 1. The summed E-state index contributed by atoms with van der Waals surface area (Å²) in [6.45, 7) is 2.44. The highest BCUT2D eigenvalue weighted by molar-refractivity contribution is 6.24. The number of amides is 1. The van der Waals surface area contributed by atoms with Crippen molar-refractivity contribution in [1.82, 2.24) is 9.80 Å². The lowest BCUT2D eigenvalue weighted by Crippen LogP contribution is -2.63. The molecule has 0 radical (unpaired) electrons. The second-order valence-corrected chi connectivity index (χ2v) is 12.8. The number of Topliss-reactive ketones (excluding diaryl/α,β-unsaturated/α-hetero) is 2. The number of likely N-dealkylation sites (tertiary alicyclic amines) is 1. The number of hydrogen-bond donors (Lipinski definition) is 6. The number of carbonyl (C=O) groups is 3. The fourth-order valence-corrected chi connectivity index (χ4v) is 7.91. The van der Waals surface area contributed by atoms with Crippen LogP contribution in [0.25, 0.3) is 0 Å². The Labute approximate surface area is 250 Å². The normalized spacial score (nSPS) is 28.2. The first-order chi connectivity index (χ1) is 20.2. The summed E-state index contributed by atoms with van der Waals surface area (Å²) < 4.78 is 0. The predicted octanol–water partition coefficient (Wildman–Crippen LogP) is 0.781. The van der Waals surface area contributed by atoms with E-state index in [1.54, 1.807) is 20.2 Å². The molecule has 1 aromatic carbocycles. The van der Waals surface area contributed by atoms with Crippen molar-refractivity contribution in [1.29, 1.82) is 0 Å². The molecule has 234 valence electrons. The van der Waals surface area contributed by atoms with Gasteiger partial charge in [-0.1, -0.05) is 0 Å². The fraction of sp³-hybridized carbons (Fsp3) is 0.581. The van der Waals surface area contributed by atoms with Gasteiger partial charge in [-0.05, 0) is 88.3 Å². The number of anilines is 1. The van der Waals surface area contributed by atoms with Gasteiger partial charge in [0.2, 0.25) is 5.78 Å². The molecule has 3 aliphatic carbocycles. The average molecular weight is 599 g/mol. The van der Waals surface area contributed by atoms with Gasteiger partial charge in [0, 0.05) is 44.4 Å².